The smallest absolute Gasteiger partial charge is 0.251 e. The number of nitrogens with zero attached hydrogens (tertiary/aromatic N) is 2. The molecule has 1 N–H and O–H groups in total. The van der Waals surface area contributed by atoms with E-state index in [9.17, 15) is 0 Å². The summed E-state index contributed by atoms with van der Waals surface area (Å²) < 4.78 is 16.3. The zero-order valence-electron chi connectivity index (χ0n) is 12.7. The van der Waals surface area contributed by atoms with Crippen molar-refractivity contribution in [1.29, 1.82) is 0 Å². The quantitative estimate of drug-likeness (QED) is 0.753. The minimum atomic E-state index is 0.441. The van der Waals surface area contributed by atoms with E-state index < -0.39 is 0 Å². The molecule has 0 unspecified atom stereocenters. The Hall–Kier alpha value is -2.08. The highest BCUT2D eigenvalue weighted by Crippen LogP contribution is 2.36. The SMILES string of the molecule is CCCNCCc1nnc(-c2cccc(OC)c2OC)o1. The molecule has 0 spiro atoms. The highest BCUT2D eigenvalue weighted by atomic mass is 16.5. The molecule has 1 heterocycles. The second kappa shape index (κ2) is 7.64. The van der Waals surface area contributed by atoms with Gasteiger partial charge in [0.15, 0.2) is 11.5 Å². The number of hydrogen-bond acceptors (Lipinski definition) is 6. The van der Waals surface area contributed by atoms with Crippen molar-refractivity contribution < 1.29 is 13.9 Å². The Morgan fingerprint density at radius 1 is 1.14 bits per heavy atom. The van der Waals surface area contributed by atoms with Gasteiger partial charge in [-0.15, -0.1) is 10.2 Å². The average Bonchev–Trinajstić information content (AvgIpc) is 2.99. The summed E-state index contributed by atoms with van der Waals surface area (Å²) in [6, 6.07) is 5.56. The van der Waals surface area contributed by atoms with Crippen LogP contribution in [-0.4, -0.2) is 37.5 Å². The van der Waals surface area contributed by atoms with Gasteiger partial charge in [0.25, 0.3) is 5.89 Å². The molecule has 2 aromatic rings. The predicted molar refractivity (Wildman–Crippen MR) is 79.7 cm³/mol. The van der Waals surface area contributed by atoms with Gasteiger partial charge >= 0.3 is 0 Å². The number of nitrogens with one attached hydrogen (secondary N) is 1. The first-order valence-electron chi connectivity index (χ1n) is 7.04. The summed E-state index contributed by atoms with van der Waals surface area (Å²) in [5.41, 5.74) is 0.733. The van der Waals surface area contributed by atoms with Crippen LogP contribution in [0.3, 0.4) is 0 Å². The molecule has 0 fully saturated rings. The van der Waals surface area contributed by atoms with Crippen molar-refractivity contribution in [2.45, 2.75) is 19.8 Å². The van der Waals surface area contributed by atoms with E-state index >= 15 is 0 Å². The minimum absolute atomic E-state index is 0.441. The van der Waals surface area contributed by atoms with Gasteiger partial charge in [-0.3, -0.25) is 0 Å². The Bertz CT molecular complexity index is 569. The van der Waals surface area contributed by atoms with E-state index in [4.69, 9.17) is 13.9 Å². The topological polar surface area (TPSA) is 69.4 Å². The van der Waals surface area contributed by atoms with Crippen LogP contribution in [0.1, 0.15) is 19.2 Å². The maximum Gasteiger partial charge on any atom is 0.251 e. The third kappa shape index (κ3) is 3.72. The van der Waals surface area contributed by atoms with Crippen LogP contribution >= 0.6 is 0 Å². The third-order valence-corrected chi connectivity index (χ3v) is 3.04. The van der Waals surface area contributed by atoms with Crippen LogP contribution in [-0.2, 0) is 6.42 Å². The molecule has 6 nitrogen and oxygen atoms in total. The Balaban J connectivity index is 2.14. The molecule has 6 heteroatoms. The standard InChI is InChI=1S/C15H21N3O3/c1-4-9-16-10-8-13-17-18-15(21-13)11-6-5-7-12(19-2)14(11)20-3/h5-7,16H,4,8-10H2,1-3H3. The van der Waals surface area contributed by atoms with Gasteiger partial charge in [-0.05, 0) is 25.1 Å². The molecule has 0 amide bonds. The van der Waals surface area contributed by atoms with Gasteiger partial charge in [0.2, 0.25) is 5.89 Å². The normalized spacial score (nSPS) is 10.6. The van der Waals surface area contributed by atoms with E-state index in [1.165, 1.54) is 0 Å². The van der Waals surface area contributed by atoms with Crippen molar-refractivity contribution in [3.8, 4) is 23.0 Å². The molecule has 0 bridgehead atoms. The Labute approximate surface area is 124 Å². The van der Waals surface area contributed by atoms with Crippen LogP contribution in [0, 0.1) is 0 Å². The van der Waals surface area contributed by atoms with Crippen LogP contribution in [0.5, 0.6) is 11.5 Å². The molecule has 2 rings (SSSR count). The average molecular weight is 291 g/mol. The van der Waals surface area contributed by atoms with E-state index in [0.29, 0.717) is 29.7 Å². The molecular weight excluding hydrogens is 270 g/mol. The summed E-state index contributed by atoms with van der Waals surface area (Å²) >= 11 is 0. The van der Waals surface area contributed by atoms with Gasteiger partial charge in [0.1, 0.15) is 0 Å². The summed E-state index contributed by atoms with van der Waals surface area (Å²) in [5, 5.41) is 11.5. The molecule has 0 aliphatic rings. The van der Waals surface area contributed by atoms with Crippen LogP contribution in [0.4, 0.5) is 0 Å². The molecular formula is C15H21N3O3. The highest BCUT2D eigenvalue weighted by Gasteiger charge is 2.16. The lowest BCUT2D eigenvalue weighted by atomic mass is 10.2. The van der Waals surface area contributed by atoms with Gasteiger partial charge in [0.05, 0.1) is 19.8 Å². The first kappa shape index (κ1) is 15.3. The number of benzene rings is 1. The van der Waals surface area contributed by atoms with E-state index in [1.54, 1.807) is 14.2 Å². The Morgan fingerprint density at radius 3 is 2.71 bits per heavy atom. The lowest BCUT2D eigenvalue weighted by Crippen LogP contribution is -2.17. The zero-order valence-corrected chi connectivity index (χ0v) is 12.7. The summed E-state index contributed by atoms with van der Waals surface area (Å²) in [6.07, 6.45) is 1.81. The molecule has 0 atom stereocenters. The summed E-state index contributed by atoms with van der Waals surface area (Å²) in [4.78, 5) is 0. The van der Waals surface area contributed by atoms with E-state index in [2.05, 4.69) is 22.4 Å². The molecule has 114 valence electrons. The number of hydrogen-bond donors (Lipinski definition) is 1. The molecule has 1 aromatic heterocycles. The largest absolute Gasteiger partial charge is 0.493 e. The molecule has 0 aliphatic heterocycles. The van der Waals surface area contributed by atoms with Crippen molar-refractivity contribution in [2.75, 3.05) is 27.3 Å². The van der Waals surface area contributed by atoms with Crippen molar-refractivity contribution in [1.82, 2.24) is 15.5 Å². The van der Waals surface area contributed by atoms with Gasteiger partial charge < -0.3 is 19.2 Å². The molecule has 0 saturated carbocycles. The van der Waals surface area contributed by atoms with Crippen LogP contribution < -0.4 is 14.8 Å². The van der Waals surface area contributed by atoms with Crippen molar-refractivity contribution in [3.63, 3.8) is 0 Å². The van der Waals surface area contributed by atoms with E-state index in [1.807, 2.05) is 18.2 Å². The van der Waals surface area contributed by atoms with Crippen LogP contribution in [0.15, 0.2) is 22.6 Å². The lowest BCUT2D eigenvalue weighted by molar-refractivity contribution is 0.355. The van der Waals surface area contributed by atoms with E-state index in [0.717, 1.165) is 25.1 Å². The molecule has 0 radical (unpaired) electrons. The van der Waals surface area contributed by atoms with Gasteiger partial charge in [-0.2, -0.15) is 0 Å². The van der Waals surface area contributed by atoms with Crippen molar-refractivity contribution in [3.05, 3.63) is 24.1 Å². The van der Waals surface area contributed by atoms with Gasteiger partial charge in [-0.1, -0.05) is 13.0 Å². The fraction of sp³-hybridized carbons (Fsp3) is 0.467. The summed E-state index contributed by atoms with van der Waals surface area (Å²) in [7, 11) is 3.19. The fourth-order valence-electron chi connectivity index (χ4n) is 2.02. The fourth-order valence-corrected chi connectivity index (χ4v) is 2.02. The maximum atomic E-state index is 5.69. The van der Waals surface area contributed by atoms with Gasteiger partial charge in [-0.25, -0.2) is 0 Å². The number of methoxy groups -OCH3 is 2. The Kier molecular flexibility index (Phi) is 5.57. The number of rotatable bonds is 8. The molecule has 0 saturated heterocycles. The predicted octanol–water partition coefficient (Wildman–Crippen LogP) is 2.30. The Morgan fingerprint density at radius 2 is 2.00 bits per heavy atom. The molecule has 0 aliphatic carbocycles. The first-order chi connectivity index (χ1) is 10.3. The summed E-state index contributed by atoms with van der Waals surface area (Å²) in [5.74, 6) is 2.29. The molecule has 21 heavy (non-hydrogen) atoms. The number of aromatic nitrogens is 2. The van der Waals surface area contributed by atoms with Crippen molar-refractivity contribution in [2.24, 2.45) is 0 Å². The zero-order chi connectivity index (χ0) is 15.1. The minimum Gasteiger partial charge on any atom is -0.493 e. The summed E-state index contributed by atoms with van der Waals surface area (Å²) in [6.45, 7) is 3.95. The maximum absolute atomic E-state index is 5.69. The third-order valence-electron chi connectivity index (χ3n) is 3.04. The second-order valence-electron chi connectivity index (χ2n) is 4.54. The monoisotopic (exact) mass is 291 g/mol. The van der Waals surface area contributed by atoms with Crippen molar-refractivity contribution >= 4 is 0 Å². The highest BCUT2D eigenvalue weighted by molar-refractivity contribution is 5.67. The number of para-hydroxylation sites is 1. The van der Waals surface area contributed by atoms with Crippen LogP contribution in [0.25, 0.3) is 11.5 Å². The first-order valence-corrected chi connectivity index (χ1v) is 7.04. The number of ether oxygens (including phenoxy) is 2. The van der Waals surface area contributed by atoms with E-state index in [-0.39, 0.29) is 0 Å². The van der Waals surface area contributed by atoms with Gasteiger partial charge in [0, 0.05) is 13.0 Å². The lowest BCUT2D eigenvalue weighted by Gasteiger charge is -2.09. The van der Waals surface area contributed by atoms with Crippen LogP contribution in [0.2, 0.25) is 0 Å². The second-order valence-corrected chi connectivity index (χ2v) is 4.54. The molecule has 1 aromatic carbocycles.